The summed E-state index contributed by atoms with van der Waals surface area (Å²) in [6.07, 6.45) is -0.416. The van der Waals surface area contributed by atoms with E-state index in [0.29, 0.717) is 5.69 Å². The molecule has 4 N–H and O–H groups in total. The largest absolute Gasteiger partial charge is 0.399 e. The van der Waals surface area contributed by atoms with Crippen LogP contribution in [0.4, 0.5) is 10.1 Å². The first-order chi connectivity index (χ1) is 6.69. The maximum atomic E-state index is 12.4. The van der Waals surface area contributed by atoms with Crippen LogP contribution in [-0.2, 0) is 4.74 Å². The van der Waals surface area contributed by atoms with Gasteiger partial charge >= 0.3 is 0 Å². The molecule has 0 aliphatic rings. The molecule has 0 aromatic heterocycles. The number of rotatable bonds is 4. The molecule has 0 fully saturated rings. The normalized spacial score (nSPS) is 15.1. The fourth-order valence-corrected chi connectivity index (χ4v) is 1.32. The van der Waals surface area contributed by atoms with Crippen molar-refractivity contribution < 1.29 is 9.13 Å². The minimum atomic E-state index is -0.636. The highest BCUT2D eigenvalue weighted by Crippen LogP contribution is 2.20. The number of ether oxygens (including phenoxy) is 1. The molecule has 3 nitrogen and oxygen atoms in total. The Labute approximate surface area is 82.9 Å². The Bertz CT molecular complexity index is 276. The van der Waals surface area contributed by atoms with Crippen LogP contribution in [0.2, 0.25) is 0 Å². The Morgan fingerprint density at radius 1 is 1.36 bits per heavy atom. The second-order valence-corrected chi connectivity index (χ2v) is 3.14. The Balaban J connectivity index is 2.84. The molecule has 0 aliphatic carbocycles. The molecule has 0 aliphatic heterocycles. The van der Waals surface area contributed by atoms with E-state index in [1.807, 2.05) is 0 Å². The topological polar surface area (TPSA) is 61.3 Å². The molecule has 1 aromatic carbocycles. The summed E-state index contributed by atoms with van der Waals surface area (Å²) in [7, 11) is 1.51. The van der Waals surface area contributed by atoms with E-state index in [2.05, 4.69) is 0 Å². The van der Waals surface area contributed by atoms with Crippen molar-refractivity contribution in [3.8, 4) is 0 Å². The summed E-state index contributed by atoms with van der Waals surface area (Å²) in [5.74, 6) is 0. The molecular formula is C10H15FN2O. The predicted molar refractivity (Wildman–Crippen MR) is 54.6 cm³/mol. The lowest BCUT2D eigenvalue weighted by Crippen LogP contribution is -2.31. The molecule has 2 unspecified atom stereocenters. The number of nitrogens with two attached hydrogens (primary N) is 2. The zero-order valence-corrected chi connectivity index (χ0v) is 8.11. The van der Waals surface area contributed by atoms with Gasteiger partial charge in [0.15, 0.2) is 0 Å². The molecule has 78 valence electrons. The van der Waals surface area contributed by atoms with Gasteiger partial charge in [0.25, 0.3) is 0 Å². The smallest absolute Gasteiger partial charge is 0.107 e. The van der Waals surface area contributed by atoms with E-state index in [0.717, 1.165) is 5.56 Å². The van der Waals surface area contributed by atoms with Gasteiger partial charge in [-0.1, -0.05) is 12.1 Å². The molecule has 0 amide bonds. The third kappa shape index (κ3) is 2.43. The summed E-state index contributed by atoms with van der Waals surface area (Å²) in [6, 6.07) is 6.43. The van der Waals surface area contributed by atoms with Crippen molar-refractivity contribution >= 4 is 5.69 Å². The van der Waals surface area contributed by atoms with Crippen LogP contribution < -0.4 is 11.5 Å². The van der Waals surface area contributed by atoms with Crippen LogP contribution in [0.3, 0.4) is 0 Å². The molecule has 0 radical (unpaired) electrons. The summed E-state index contributed by atoms with van der Waals surface area (Å²) in [6.45, 7) is -0.608. The summed E-state index contributed by atoms with van der Waals surface area (Å²) < 4.78 is 17.5. The van der Waals surface area contributed by atoms with Gasteiger partial charge in [-0.25, -0.2) is 4.39 Å². The minimum absolute atomic E-state index is 0.416. The average Bonchev–Trinajstić information content (AvgIpc) is 2.21. The SMILES string of the molecule is COC(c1ccc(N)cc1)C(N)CF. The number of anilines is 1. The van der Waals surface area contributed by atoms with Crippen LogP contribution in [-0.4, -0.2) is 19.8 Å². The molecule has 4 heteroatoms. The molecule has 0 saturated heterocycles. The van der Waals surface area contributed by atoms with Gasteiger partial charge < -0.3 is 16.2 Å². The summed E-state index contributed by atoms with van der Waals surface area (Å²) >= 11 is 0. The molecule has 2 atom stereocenters. The van der Waals surface area contributed by atoms with Crippen LogP contribution in [0.25, 0.3) is 0 Å². The maximum Gasteiger partial charge on any atom is 0.107 e. The standard InChI is InChI=1S/C10H15FN2O/c1-14-10(9(13)6-11)7-2-4-8(12)5-3-7/h2-5,9-10H,6,12-13H2,1H3. The highest BCUT2D eigenvalue weighted by molar-refractivity contribution is 5.40. The Morgan fingerprint density at radius 2 is 1.93 bits per heavy atom. The lowest BCUT2D eigenvalue weighted by molar-refractivity contribution is 0.0721. The Hall–Kier alpha value is -1.13. The highest BCUT2D eigenvalue weighted by atomic mass is 19.1. The fourth-order valence-electron chi connectivity index (χ4n) is 1.32. The van der Waals surface area contributed by atoms with E-state index in [-0.39, 0.29) is 0 Å². The van der Waals surface area contributed by atoms with E-state index in [1.54, 1.807) is 24.3 Å². The predicted octanol–water partition coefficient (Wildman–Crippen LogP) is 1.25. The number of methoxy groups -OCH3 is 1. The second kappa shape index (κ2) is 4.93. The summed E-state index contributed by atoms with van der Waals surface area (Å²) in [4.78, 5) is 0. The van der Waals surface area contributed by atoms with Gasteiger partial charge in [-0.2, -0.15) is 0 Å². The number of benzene rings is 1. The number of halogens is 1. The minimum Gasteiger partial charge on any atom is -0.399 e. The van der Waals surface area contributed by atoms with Crippen molar-refractivity contribution in [2.24, 2.45) is 5.73 Å². The lowest BCUT2D eigenvalue weighted by atomic mass is 10.0. The molecule has 0 spiro atoms. The van der Waals surface area contributed by atoms with Gasteiger partial charge in [-0.05, 0) is 17.7 Å². The molecular weight excluding hydrogens is 183 g/mol. The van der Waals surface area contributed by atoms with Crippen LogP contribution in [0, 0.1) is 0 Å². The zero-order chi connectivity index (χ0) is 10.6. The van der Waals surface area contributed by atoms with Gasteiger partial charge in [-0.3, -0.25) is 0 Å². The van der Waals surface area contributed by atoms with Crippen molar-refractivity contribution in [1.82, 2.24) is 0 Å². The highest BCUT2D eigenvalue weighted by Gasteiger charge is 2.18. The van der Waals surface area contributed by atoms with Crippen LogP contribution in [0.15, 0.2) is 24.3 Å². The van der Waals surface area contributed by atoms with Crippen LogP contribution >= 0.6 is 0 Å². The van der Waals surface area contributed by atoms with Crippen LogP contribution in [0.1, 0.15) is 11.7 Å². The zero-order valence-electron chi connectivity index (χ0n) is 8.11. The number of hydrogen-bond acceptors (Lipinski definition) is 3. The van der Waals surface area contributed by atoms with Crippen molar-refractivity contribution in [2.45, 2.75) is 12.1 Å². The van der Waals surface area contributed by atoms with Gasteiger partial charge in [0.05, 0.1) is 12.1 Å². The lowest BCUT2D eigenvalue weighted by Gasteiger charge is -2.20. The van der Waals surface area contributed by atoms with Gasteiger partial charge in [0.2, 0.25) is 0 Å². The van der Waals surface area contributed by atoms with E-state index in [1.165, 1.54) is 7.11 Å². The fraction of sp³-hybridized carbons (Fsp3) is 0.400. The summed E-state index contributed by atoms with van der Waals surface area (Å²) in [5, 5.41) is 0. The Morgan fingerprint density at radius 3 is 2.36 bits per heavy atom. The van der Waals surface area contributed by atoms with Gasteiger partial charge in [0, 0.05) is 12.8 Å². The van der Waals surface area contributed by atoms with Gasteiger partial charge in [0.1, 0.15) is 6.67 Å². The van der Waals surface area contributed by atoms with E-state index in [9.17, 15) is 4.39 Å². The molecule has 1 aromatic rings. The Kier molecular flexibility index (Phi) is 3.85. The second-order valence-electron chi connectivity index (χ2n) is 3.14. The van der Waals surface area contributed by atoms with Crippen molar-refractivity contribution in [1.29, 1.82) is 0 Å². The third-order valence-corrected chi connectivity index (χ3v) is 2.09. The molecule has 14 heavy (non-hydrogen) atoms. The van der Waals surface area contributed by atoms with Gasteiger partial charge in [-0.15, -0.1) is 0 Å². The van der Waals surface area contributed by atoms with Crippen LogP contribution in [0.5, 0.6) is 0 Å². The van der Waals surface area contributed by atoms with Crippen molar-refractivity contribution in [3.63, 3.8) is 0 Å². The molecule has 0 bridgehead atoms. The first-order valence-electron chi connectivity index (χ1n) is 4.38. The van der Waals surface area contributed by atoms with Crippen molar-refractivity contribution in [3.05, 3.63) is 29.8 Å². The maximum absolute atomic E-state index is 12.4. The first kappa shape index (κ1) is 10.9. The first-order valence-corrected chi connectivity index (χ1v) is 4.38. The van der Waals surface area contributed by atoms with E-state index >= 15 is 0 Å². The summed E-state index contributed by atoms with van der Waals surface area (Å²) in [5.41, 5.74) is 12.6. The monoisotopic (exact) mass is 198 g/mol. The number of hydrogen-bond donors (Lipinski definition) is 2. The van der Waals surface area contributed by atoms with Crippen molar-refractivity contribution in [2.75, 3.05) is 19.5 Å². The quantitative estimate of drug-likeness (QED) is 0.716. The van der Waals surface area contributed by atoms with E-state index < -0.39 is 18.8 Å². The molecule has 0 saturated carbocycles. The van der Waals surface area contributed by atoms with E-state index in [4.69, 9.17) is 16.2 Å². The third-order valence-electron chi connectivity index (χ3n) is 2.09. The molecule has 0 heterocycles. The number of alkyl halides is 1. The average molecular weight is 198 g/mol. The number of nitrogen functional groups attached to an aromatic ring is 1. The molecule has 1 rings (SSSR count).